The molecule has 1 amide bonds. The quantitative estimate of drug-likeness (QED) is 0.910. The highest BCUT2D eigenvalue weighted by atomic mass is 35.5. The standard InChI is InChI=1S/C13H13Cl2N3O2/c1-8(19)7-16-13(20)12-4-5-18(17-12)9-2-3-10(14)11(15)6-9/h2-6,8,19H,7H2,1H3,(H,16,20). The van der Waals surface area contributed by atoms with Gasteiger partial charge in [-0.05, 0) is 31.2 Å². The van der Waals surface area contributed by atoms with Crippen LogP contribution in [0.4, 0.5) is 0 Å². The van der Waals surface area contributed by atoms with Crippen molar-refractivity contribution in [2.75, 3.05) is 6.54 Å². The molecule has 2 rings (SSSR count). The summed E-state index contributed by atoms with van der Waals surface area (Å²) in [4.78, 5) is 11.8. The second kappa shape index (κ2) is 6.26. The zero-order chi connectivity index (χ0) is 14.7. The Bertz CT molecular complexity index is 626. The van der Waals surface area contributed by atoms with Crippen molar-refractivity contribution in [2.24, 2.45) is 0 Å². The molecule has 0 aliphatic heterocycles. The van der Waals surface area contributed by atoms with Gasteiger partial charge in [0, 0.05) is 12.7 Å². The molecule has 0 bridgehead atoms. The number of aliphatic hydroxyl groups is 1. The summed E-state index contributed by atoms with van der Waals surface area (Å²) in [7, 11) is 0. The van der Waals surface area contributed by atoms with Gasteiger partial charge in [-0.1, -0.05) is 23.2 Å². The maximum absolute atomic E-state index is 11.8. The van der Waals surface area contributed by atoms with Crippen LogP contribution >= 0.6 is 23.2 Å². The van der Waals surface area contributed by atoms with E-state index in [1.165, 1.54) is 4.68 Å². The van der Waals surface area contributed by atoms with Crippen LogP contribution in [0, 0.1) is 0 Å². The first-order chi connectivity index (χ1) is 9.47. The predicted molar refractivity (Wildman–Crippen MR) is 77.6 cm³/mol. The van der Waals surface area contributed by atoms with Gasteiger partial charge in [-0.15, -0.1) is 0 Å². The molecule has 0 aliphatic rings. The lowest BCUT2D eigenvalue weighted by atomic mass is 10.3. The molecular formula is C13H13Cl2N3O2. The third-order valence-corrected chi connectivity index (χ3v) is 3.29. The van der Waals surface area contributed by atoms with E-state index >= 15 is 0 Å². The minimum absolute atomic E-state index is 0.179. The van der Waals surface area contributed by atoms with E-state index in [1.807, 2.05) is 0 Å². The van der Waals surface area contributed by atoms with Gasteiger partial charge in [-0.3, -0.25) is 4.79 Å². The highest BCUT2D eigenvalue weighted by Gasteiger charge is 2.11. The summed E-state index contributed by atoms with van der Waals surface area (Å²) in [5.41, 5.74) is 0.964. The van der Waals surface area contributed by atoms with Gasteiger partial charge in [0.05, 0.1) is 21.8 Å². The minimum atomic E-state index is -0.601. The zero-order valence-electron chi connectivity index (χ0n) is 10.7. The number of hydrogen-bond donors (Lipinski definition) is 2. The van der Waals surface area contributed by atoms with E-state index in [0.29, 0.717) is 15.7 Å². The number of nitrogens with zero attached hydrogens (tertiary/aromatic N) is 2. The molecule has 2 aromatic rings. The number of aromatic nitrogens is 2. The topological polar surface area (TPSA) is 67.2 Å². The average molecular weight is 314 g/mol. The molecule has 0 spiro atoms. The molecule has 5 nitrogen and oxygen atoms in total. The summed E-state index contributed by atoms with van der Waals surface area (Å²) >= 11 is 11.8. The number of nitrogens with one attached hydrogen (secondary N) is 1. The van der Waals surface area contributed by atoms with E-state index in [1.54, 1.807) is 37.4 Å². The van der Waals surface area contributed by atoms with Crippen molar-refractivity contribution < 1.29 is 9.90 Å². The molecule has 1 heterocycles. The molecule has 20 heavy (non-hydrogen) atoms. The van der Waals surface area contributed by atoms with Crippen molar-refractivity contribution in [3.63, 3.8) is 0 Å². The van der Waals surface area contributed by atoms with Gasteiger partial charge in [0.2, 0.25) is 0 Å². The lowest BCUT2D eigenvalue weighted by molar-refractivity contribution is 0.0918. The molecule has 0 aliphatic carbocycles. The number of carbonyl (C=O) groups is 1. The molecule has 0 radical (unpaired) electrons. The molecule has 0 saturated heterocycles. The molecule has 1 aromatic heterocycles. The Hall–Kier alpha value is -1.56. The predicted octanol–water partition coefficient (Wildman–Crippen LogP) is 2.29. The van der Waals surface area contributed by atoms with Crippen LogP contribution in [0.25, 0.3) is 5.69 Å². The van der Waals surface area contributed by atoms with Gasteiger partial charge in [0.25, 0.3) is 5.91 Å². The van der Waals surface area contributed by atoms with Crippen LogP contribution < -0.4 is 5.32 Å². The fourth-order valence-corrected chi connectivity index (χ4v) is 1.84. The van der Waals surface area contributed by atoms with E-state index in [2.05, 4.69) is 10.4 Å². The van der Waals surface area contributed by atoms with Crippen molar-refractivity contribution in [3.8, 4) is 5.69 Å². The minimum Gasteiger partial charge on any atom is -0.392 e. The zero-order valence-corrected chi connectivity index (χ0v) is 12.2. The monoisotopic (exact) mass is 313 g/mol. The molecular weight excluding hydrogens is 301 g/mol. The Labute approximate surface area is 126 Å². The van der Waals surface area contributed by atoms with Crippen molar-refractivity contribution in [3.05, 3.63) is 46.2 Å². The highest BCUT2D eigenvalue weighted by molar-refractivity contribution is 6.42. The highest BCUT2D eigenvalue weighted by Crippen LogP contribution is 2.24. The second-order valence-corrected chi connectivity index (χ2v) is 5.12. The molecule has 2 N–H and O–H groups in total. The van der Waals surface area contributed by atoms with Crippen molar-refractivity contribution >= 4 is 29.1 Å². The summed E-state index contributed by atoms with van der Waals surface area (Å²) < 4.78 is 1.53. The Morgan fingerprint density at radius 3 is 2.80 bits per heavy atom. The smallest absolute Gasteiger partial charge is 0.271 e. The summed E-state index contributed by atoms with van der Waals surface area (Å²) in [6.45, 7) is 1.77. The fourth-order valence-electron chi connectivity index (χ4n) is 1.55. The van der Waals surface area contributed by atoms with Gasteiger partial charge in [-0.2, -0.15) is 5.10 Å². The number of hydrogen-bond acceptors (Lipinski definition) is 3. The van der Waals surface area contributed by atoms with E-state index in [9.17, 15) is 4.79 Å². The second-order valence-electron chi connectivity index (χ2n) is 4.30. The Morgan fingerprint density at radius 1 is 1.40 bits per heavy atom. The van der Waals surface area contributed by atoms with Gasteiger partial charge >= 0.3 is 0 Å². The Kier molecular flexibility index (Phi) is 4.65. The third-order valence-electron chi connectivity index (χ3n) is 2.55. The fraction of sp³-hybridized carbons (Fsp3) is 0.231. The maximum Gasteiger partial charge on any atom is 0.271 e. The SMILES string of the molecule is CC(O)CNC(=O)c1ccn(-c2ccc(Cl)c(Cl)c2)n1. The van der Waals surface area contributed by atoms with Gasteiger partial charge < -0.3 is 10.4 Å². The van der Waals surface area contributed by atoms with Gasteiger partial charge in [0.1, 0.15) is 0 Å². The van der Waals surface area contributed by atoms with Crippen LogP contribution in [-0.4, -0.2) is 33.4 Å². The normalized spacial score (nSPS) is 12.2. The summed E-state index contributed by atoms with van der Waals surface area (Å²) in [5.74, 6) is -0.343. The molecule has 106 valence electrons. The number of halogens is 2. The van der Waals surface area contributed by atoms with Crippen LogP contribution in [0.5, 0.6) is 0 Å². The number of rotatable bonds is 4. The largest absolute Gasteiger partial charge is 0.392 e. The molecule has 1 aromatic carbocycles. The maximum atomic E-state index is 11.8. The molecule has 7 heteroatoms. The van der Waals surface area contributed by atoms with Crippen LogP contribution in [0.1, 0.15) is 17.4 Å². The molecule has 0 saturated carbocycles. The van der Waals surface area contributed by atoms with E-state index in [4.69, 9.17) is 28.3 Å². The van der Waals surface area contributed by atoms with Gasteiger partial charge in [0.15, 0.2) is 5.69 Å². The van der Waals surface area contributed by atoms with Crippen LogP contribution in [0.3, 0.4) is 0 Å². The molecule has 1 unspecified atom stereocenters. The third kappa shape index (κ3) is 3.50. The summed E-state index contributed by atoms with van der Waals surface area (Å²) in [6, 6.07) is 6.65. The molecule has 0 fully saturated rings. The van der Waals surface area contributed by atoms with E-state index in [-0.39, 0.29) is 18.1 Å². The van der Waals surface area contributed by atoms with Crippen molar-refractivity contribution in [1.82, 2.24) is 15.1 Å². The van der Waals surface area contributed by atoms with Crippen molar-refractivity contribution in [2.45, 2.75) is 13.0 Å². The van der Waals surface area contributed by atoms with Crippen molar-refractivity contribution in [1.29, 1.82) is 0 Å². The van der Waals surface area contributed by atoms with E-state index in [0.717, 1.165) is 0 Å². The average Bonchev–Trinajstić information content (AvgIpc) is 2.89. The first kappa shape index (κ1) is 14.8. The number of benzene rings is 1. The molecule has 1 atom stereocenters. The number of amides is 1. The summed E-state index contributed by atoms with van der Waals surface area (Å²) in [5, 5.41) is 16.7. The van der Waals surface area contributed by atoms with Crippen LogP contribution in [-0.2, 0) is 0 Å². The van der Waals surface area contributed by atoms with Gasteiger partial charge in [-0.25, -0.2) is 4.68 Å². The van der Waals surface area contributed by atoms with E-state index < -0.39 is 6.10 Å². The lowest BCUT2D eigenvalue weighted by Gasteiger charge is -2.05. The lowest BCUT2D eigenvalue weighted by Crippen LogP contribution is -2.30. The van der Waals surface area contributed by atoms with Crippen LogP contribution in [0.15, 0.2) is 30.5 Å². The Balaban J connectivity index is 2.16. The number of aliphatic hydroxyl groups excluding tert-OH is 1. The summed E-state index contributed by atoms with van der Waals surface area (Å²) in [6.07, 6.45) is 1.05. The number of carbonyl (C=O) groups excluding carboxylic acids is 1. The first-order valence-corrected chi connectivity index (χ1v) is 6.70. The first-order valence-electron chi connectivity index (χ1n) is 5.94. The Morgan fingerprint density at radius 2 is 2.15 bits per heavy atom. The van der Waals surface area contributed by atoms with Crippen LogP contribution in [0.2, 0.25) is 10.0 Å².